The van der Waals surface area contributed by atoms with Gasteiger partial charge in [-0.05, 0) is 56.2 Å². The smallest absolute Gasteiger partial charge is 0.337 e. The Morgan fingerprint density at radius 1 is 1.00 bits per heavy atom. The largest absolute Gasteiger partial charge is 0.465 e. The first-order valence-electron chi connectivity index (χ1n) is 11.3. The van der Waals surface area contributed by atoms with Gasteiger partial charge in [0.2, 0.25) is 0 Å². The second kappa shape index (κ2) is 9.21. The molecule has 1 saturated heterocycles. The van der Waals surface area contributed by atoms with Crippen LogP contribution >= 0.6 is 0 Å². The maximum Gasteiger partial charge on any atom is 0.337 e. The summed E-state index contributed by atoms with van der Waals surface area (Å²) < 4.78 is 6.63. The van der Waals surface area contributed by atoms with Gasteiger partial charge in [-0.3, -0.25) is 14.5 Å². The van der Waals surface area contributed by atoms with Gasteiger partial charge in [-0.2, -0.15) is 0 Å². The van der Waals surface area contributed by atoms with Gasteiger partial charge in [0.15, 0.2) is 5.78 Å². The Labute approximate surface area is 203 Å². The van der Waals surface area contributed by atoms with Gasteiger partial charge in [0.1, 0.15) is 5.54 Å². The van der Waals surface area contributed by atoms with Gasteiger partial charge in [0.05, 0.1) is 19.2 Å². The third-order valence-electron chi connectivity index (χ3n) is 6.55. The highest BCUT2D eigenvalue weighted by Crippen LogP contribution is 2.32. The number of ketones is 1. The molecule has 0 saturated carbocycles. The summed E-state index contributed by atoms with van der Waals surface area (Å²) in [5, 5.41) is 2.81. The maximum atomic E-state index is 13.4. The number of imide groups is 1. The fourth-order valence-electron chi connectivity index (χ4n) is 4.67. The monoisotopic (exact) mass is 473 g/mol. The number of ether oxygens (including phenoxy) is 1. The average molecular weight is 474 g/mol. The Morgan fingerprint density at radius 3 is 2.26 bits per heavy atom. The van der Waals surface area contributed by atoms with Crippen molar-refractivity contribution in [3.8, 4) is 5.69 Å². The number of aromatic nitrogens is 1. The lowest BCUT2D eigenvalue weighted by Gasteiger charge is -2.25. The molecule has 35 heavy (non-hydrogen) atoms. The lowest BCUT2D eigenvalue weighted by molar-refractivity contribution is -0.131. The van der Waals surface area contributed by atoms with Crippen molar-refractivity contribution >= 4 is 23.7 Å². The van der Waals surface area contributed by atoms with E-state index >= 15 is 0 Å². The molecule has 1 unspecified atom stereocenters. The molecule has 0 radical (unpaired) electrons. The lowest BCUT2D eigenvalue weighted by Crippen LogP contribution is -2.43. The second-order valence-electron chi connectivity index (χ2n) is 8.53. The van der Waals surface area contributed by atoms with Gasteiger partial charge in [-0.15, -0.1) is 0 Å². The molecule has 0 spiro atoms. The van der Waals surface area contributed by atoms with Crippen LogP contribution in [0.3, 0.4) is 0 Å². The number of Topliss-reactive ketones (excluding diaryl/α,β-unsaturated/α-hetero) is 1. The zero-order valence-electron chi connectivity index (χ0n) is 20.1. The van der Waals surface area contributed by atoms with Crippen LogP contribution in [0, 0.1) is 13.8 Å². The number of benzene rings is 2. The van der Waals surface area contributed by atoms with Gasteiger partial charge >= 0.3 is 12.0 Å². The van der Waals surface area contributed by atoms with E-state index in [0.29, 0.717) is 28.8 Å². The first-order valence-corrected chi connectivity index (χ1v) is 11.3. The molecule has 2 heterocycles. The highest BCUT2D eigenvalue weighted by Gasteiger charge is 2.51. The van der Waals surface area contributed by atoms with Gasteiger partial charge in [0.25, 0.3) is 5.91 Å². The highest BCUT2D eigenvalue weighted by atomic mass is 16.5. The molecule has 180 valence electrons. The number of carbonyl (C=O) groups excluding carboxylic acids is 4. The third kappa shape index (κ3) is 4.01. The Morgan fingerprint density at radius 2 is 1.66 bits per heavy atom. The molecule has 1 aliphatic heterocycles. The van der Waals surface area contributed by atoms with Crippen molar-refractivity contribution in [2.45, 2.75) is 32.7 Å². The Hall–Kier alpha value is -4.20. The van der Waals surface area contributed by atoms with Crippen LogP contribution < -0.4 is 5.32 Å². The van der Waals surface area contributed by atoms with Crippen LogP contribution in [0.2, 0.25) is 0 Å². The summed E-state index contributed by atoms with van der Waals surface area (Å²) in [5.41, 5.74) is 2.60. The van der Waals surface area contributed by atoms with Crippen LogP contribution in [0.5, 0.6) is 0 Å². The summed E-state index contributed by atoms with van der Waals surface area (Å²) in [7, 11) is 1.32. The minimum Gasteiger partial charge on any atom is -0.465 e. The van der Waals surface area contributed by atoms with Crippen molar-refractivity contribution in [3.05, 3.63) is 88.7 Å². The van der Waals surface area contributed by atoms with Gasteiger partial charge < -0.3 is 14.6 Å². The van der Waals surface area contributed by atoms with Gasteiger partial charge in [0, 0.05) is 22.6 Å². The van der Waals surface area contributed by atoms with Crippen LogP contribution in [0.4, 0.5) is 4.79 Å². The van der Waals surface area contributed by atoms with Gasteiger partial charge in [-0.25, -0.2) is 9.59 Å². The quantitative estimate of drug-likeness (QED) is 0.319. The minimum absolute atomic E-state index is 0.334. The van der Waals surface area contributed by atoms with Crippen molar-refractivity contribution in [2.24, 2.45) is 0 Å². The molecule has 1 aliphatic rings. The number of urea groups is 1. The third-order valence-corrected chi connectivity index (χ3v) is 6.55. The van der Waals surface area contributed by atoms with E-state index < -0.39 is 23.4 Å². The zero-order chi connectivity index (χ0) is 25.3. The summed E-state index contributed by atoms with van der Waals surface area (Å²) in [6.07, 6.45) is 0.363. The highest BCUT2D eigenvalue weighted by molar-refractivity contribution is 6.11. The Bertz CT molecular complexity index is 1310. The normalized spacial score (nSPS) is 17.4. The number of esters is 1. The first-order chi connectivity index (χ1) is 16.7. The molecule has 2 aromatic carbocycles. The molecule has 3 aromatic rings. The van der Waals surface area contributed by atoms with Crippen LogP contribution in [-0.4, -0.2) is 46.8 Å². The Balaban J connectivity index is 1.60. The van der Waals surface area contributed by atoms with Gasteiger partial charge in [-0.1, -0.05) is 37.3 Å². The van der Waals surface area contributed by atoms with Crippen molar-refractivity contribution in [1.29, 1.82) is 0 Å². The van der Waals surface area contributed by atoms with Crippen LogP contribution in [0.1, 0.15) is 51.0 Å². The molecule has 1 N–H and O–H groups in total. The van der Waals surface area contributed by atoms with Crippen molar-refractivity contribution in [1.82, 2.24) is 14.8 Å². The fraction of sp³-hybridized carbons (Fsp3) is 0.259. The van der Waals surface area contributed by atoms with Crippen LogP contribution in [0.15, 0.2) is 60.7 Å². The zero-order valence-corrected chi connectivity index (χ0v) is 20.1. The number of nitrogens with zero attached hydrogens (tertiary/aromatic N) is 2. The second-order valence-corrected chi connectivity index (χ2v) is 8.53. The number of nitrogens with one attached hydrogen (secondary N) is 1. The number of hydrogen-bond donors (Lipinski definition) is 1. The standard InChI is InChI=1S/C27H27N3O5/c1-5-27(20-9-7-6-8-10-20)25(33)29(26(34)28-27)16-23(31)22-15-17(2)30(18(22)3)21-13-11-19(12-14-21)24(32)35-4/h6-15H,5,16H2,1-4H3,(H,28,34). The van der Waals surface area contributed by atoms with E-state index in [0.717, 1.165) is 16.3 Å². The number of aryl methyl sites for hydroxylation is 1. The lowest BCUT2D eigenvalue weighted by atomic mass is 9.87. The predicted octanol–water partition coefficient (Wildman–Crippen LogP) is 3.92. The molecule has 1 aromatic heterocycles. The number of methoxy groups -OCH3 is 1. The maximum absolute atomic E-state index is 13.4. The molecule has 0 aliphatic carbocycles. The van der Waals surface area contributed by atoms with E-state index in [1.54, 1.807) is 49.4 Å². The van der Waals surface area contributed by atoms with Crippen molar-refractivity contribution in [2.75, 3.05) is 13.7 Å². The van der Waals surface area contributed by atoms with Crippen LogP contribution in [-0.2, 0) is 15.1 Å². The summed E-state index contributed by atoms with van der Waals surface area (Å²) in [6.45, 7) is 5.14. The molecule has 8 nitrogen and oxygen atoms in total. The summed E-state index contributed by atoms with van der Waals surface area (Å²) >= 11 is 0. The summed E-state index contributed by atoms with van der Waals surface area (Å²) in [6, 6.07) is 17.1. The number of rotatable bonds is 7. The van der Waals surface area contributed by atoms with Crippen LogP contribution in [0.25, 0.3) is 5.69 Å². The molecule has 1 atom stereocenters. The van der Waals surface area contributed by atoms with E-state index in [4.69, 9.17) is 4.74 Å². The van der Waals surface area contributed by atoms with E-state index in [-0.39, 0.29) is 12.3 Å². The topological polar surface area (TPSA) is 97.7 Å². The SMILES string of the molecule is CCC1(c2ccccc2)NC(=O)N(CC(=O)c2cc(C)n(-c3ccc(C(=O)OC)cc3)c2C)C1=O. The molecule has 8 heteroatoms. The first kappa shape index (κ1) is 23.9. The number of carbonyl (C=O) groups is 4. The van der Waals surface area contributed by atoms with Crippen molar-refractivity contribution in [3.63, 3.8) is 0 Å². The van der Waals surface area contributed by atoms with E-state index in [2.05, 4.69) is 5.32 Å². The number of hydrogen-bond acceptors (Lipinski definition) is 5. The molecular weight excluding hydrogens is 446 g/mol. The summed E-state index contributed by atoms with van der Waals surface area (Å²) in [5.74, 6) is -1.20. The predicted molar refractivity (Wildman–Crippen MR) is 130 cm³/mol. The van der Waals surface area contributed by atoms with E-state index in [9.17, 15) is 19.2 Å². The minimum atomic E-state index is -1.18. The molecule has 4 rings (SSSR count). The molecule has 1 fully saturated rings. The number of amides is 3. The molecular formula is C27H27N3O5. The average Bonchev–Trinajstić information content (AvgIpc) is 3.31. The van der Waals surface area contributed by atoms with E-state index in [1.807, 2.05) is 36.6 Å². The van der Waals surface area contributed by atoms with E-state index in [1.165, 1.54) is 7.11 Å². The Kier molecular flexibility index (Phi) is 6.30. The molecule has 3 amide bonds. The van der Waals surface area contributed by atoms with Crippen molar-refractivity contribution < 1.29 is 23.9 Å². The summed E-state index contributed by atoms with van der Waals surface area (Å²) in [4.78, 5) is 52.2. The molecule has 0 bridgehead atoms. The fourth-order valence-corrected chi connectivity index (χ4v) is 4.67.